The quantitative estimate of drug-likeness (QED) is 0.399. The third-order valence-corrected chi connectivity index (χ3v) is 6.00. The number of fused-ring (bicyclic) bond motifs is 1. The second-order valence-corrected chi connectivity index (χ2v) is 9.02. The summed E-state index contributed by atoms with van der Waals surface area (Å²) in [5.74, 6) is -2.40. The van der Waals surface area contributed by atoms with E-state index in [9.17, 15) is 32.3 Å². The van der Waals surface area contributed by atoms with Crippen LogP contribution in [0.1, 0.15) is 55.5 Å². The minimum absolute atomic E-state index is 0.0521. The summed E-state index contributed by atoms with van der Waals surface area (Å²) >= 11 is 0. The Morgan fingerprint density at radius 2 is 1.91 bits per heavy atom. The van der Waals surface area contributed by atoms with Crippen LogP contribution in [0.15, 0.2) is 41.6 Å². The molecule has 0 aromatic heterocycles. The number of anilines is 1. The molecule has 11 heteroatoms. The fourth-order valence-corrected chi connectivity index (χ4v) is 4.17. The second-order valence-electron chi connectivity index (χ2n) is 9.02. The number of nitrogens with two attached hydrogens (primary N) is 1. The zero-order valence-electron chi connectivity index (χ0n) is 19.2. The van der Waals surface area contributed by atoms with E-state index >= 15 is 0 Å². The highest BCUT2D eigenvalue weighted by molar-refractivity contribution is 6.04. The summed E-state index contributed by atoms with van der Waals surface area (Å²) in [5.41, 5.74) is 2.02. The van der Waals surface area contributed by atoms with Crippen molar-refractivity contribution in [2.24, 2.45) is 10.9 Å². The molecule has 7 nitrogen and oxygen atoms in total. The van der Waals surface area contributed by atoms with Crippen molar-refractivity contribution in [1.29, 1.82) is 0 Å². The van der Waals surface area contributed by atoms with Crippen LogP contribution in [-0.4, -0.2) is 34.8 Å². The van der Waals surface area contributed by atoms with E-state index in [1.54, 1.807) is 6.92 Å². The molecule has 2 aromatic rings. The predicted molar refractivity (Wildman–Crippen MR) is 120 cm³/mol. The molecule has 0 saturated carbocycles. The first kappa shape index (κ1) is 26.3. The number of aliphatic hydroxyl groups is 1. The van der Waals surface area contributed by atoms with Gasteiger partial charge in [0.15, 0.2) is 6.29 Å². The highest BCUT2D eigenvalue weighted by Gasteiger charge is 2.61. The lowest BCUT2D eigenvalue weighted by molar-refractivity contribution is -0.254. The van der Waals surface area contributed by atoms with Crippen molar-refractivity contribution in [2.75, 3.05) is 5.32 Å². The third-order valence-electron chi connectivity index (χ3n) is 6.00. The van der Waals surface area contributed by atoms with Gasteiger partial charge in [0.2, 0.25) is 11.7 Å². The number of benzene rings is 2. The molecule has 1 aliphatic heterocycles. The summed E-state index contributed by atoms with van der Waals surface area (Å²) < 4.78 is 56.2. The number of nitrogens with one attached hydrogen (secondary N) is 1. The number of rotatable bonds is 7. The Morgan fingerprint density at radius 1 is 1.23 bits per heavy atom. The largest absolute Gasteiger partial charge is 0.426 e. The normalized spacial score (nSPS) is 17.5. The zero-order chi connectivity index (χ0) is 26.2. The highest BCUT2D eigenvalue weighted by atomic mass is 19.4. The molecule has 0 spiro atoms. The number of hydrogen-bond donors (Lipinski definition) is 3. The molecule has 188 valence electrons. The molecule has 0 radical (unpaired) electrons. The summed E-state index contributed by atoms with van der Waals surface area (Å²) in [6, 6.07) is 7.58. The van der Waals surface area contributed by atoms with E-state index in [1.807, 2.05) is 0 Å². The highest BCUT2D eigenvalue weighted by Crippen LogP contribution is 2.43. The number of alkyl halides is 3. The van der Waals surface area contributed by atoms with E-state index in [2.05, 4.69) is 10.5 Å². The van der Waals surface area contributed by atoms with E-state index in [-0.39, 0.29) is 17.8 Å². The lowest BCUT2D eigenvalue weighted by atomic mass is 9.73. The van der Waals surface area contributed by atoms with E-state index in [4.69, 9.17) is 10.6 Å². The van der Waals surface area contributed by atoms with Crippen LogP contribution in [0.4, 0.5) is 23.2 Å². The number of amides is 1. The van der Waals surface area contributed by atoms with Gasteiger partial charge in [-0.1, -0.05) is 31.1 Å². The number of carbonyl (C=O) groups is 2. The Morgan fingerprint density at radius 3 is 2.51 bits per heavy atom. The van der Waals surface area contributed by atoms with Crippen molar-refractivity contribution < 1.29 is 37.1 Å². The summed E-state index contributed by atoms with van der Waals surface area (Å²) in [6.45, 7) is 4.22. The van der Waals surface area contributed by atoms with Crippen molar-refractivity contribution in [2.45, 2.75) is 57.0 Å². The first-order valence-electron chi connectivity index (χ1n) is 10.6. The van der Waals surface area contributed by atoms with Crippen LogP contribution in [0.3, 0.4) is 0 Å². The van der Waals surface area contributed by atoms with Crippen LogP contribution in [-0.2, 0) is 26.4 Å². The summed E-state index contributed by atoms with van der Waals surface area (Å²) in [6.07, 6.45) is -6.93. The molecule has 0 fully saturated rings. The Hall–Kier alpha value is -3.31. The standard InChI is InChI=1S/C24H25F4N3O4/c1-13-18-9-16(6-7-17(18)20(11-32)35-31-13)30-21(33)23(34,24(26,27)28)12-22(2,3)19-8-15(25)5-4-14(19)10-29/h4-9,11,20,34H,10,12,29H2,1-3H3,(H,30,33). The summed E-state index contributed by atoms with van der Waals surface area (Å²) in [4.78, 5) is 29.1. The van der Waals surface area contributed by atoms with Gasteiger partial charge in [0.1, 0.15) is 5.82 Å². The average Bonchev–Trinajstić information content (AvgIpc) is 2.78. The Balaban J connectivity index is 1.96. The van der Waals surface area contributed by atoms with Crippen LogP contribution in [0.25, 0.3) is 0 Å². The minimum Gasteiger partial charge on any atom is -0.380 e. The van der Waals surface area contributed by atoms with E-state index in [0.29, 0.717) is 28.7 Å². The predicted octanol–water partition coefficient (Wildman–Crippen LogP) is 3.88. The molecule has 1 heterocycles. The second kappa shape index (κ2) is 9.38. The fourth-order valence-electron chi connectivity index (χ4n) is 4.17. The van der Waals surface area contributed by atoms with E-state index < -0.39 is 41.4 Å². The number of hydrogen-bond acceptors (Lipinski definition) is 6. The molecule has 2 unspecified atom stereocenters. The first-order valence-corrected chi connectivity index (χ1v) is 10.6. The van der Waals surface area contributed by atoms with E-state index in [1.165, 1.54) is 38.1 Å². The van der Waals surface area contributed by atoms with Crippen LogP contribution in [0.5, 0.6) is 0 Å². The maximum atomic E-state index is 14.1. The van der Waals surface area contributed by atoms with Crippen molar-refractivity contribution in [3.05, 3.63) is 64.5 Å². The number of carbonyl (C=O) groups excluding carboxylic acids is 2. The van der Waals surface area contributed by atoms with Crippen LogP contribution < -0.4 is 11.1 Å². The van der Waals surface area contributed by atoms with Crippen molar-refractivity contribution in [3.63, 3.8) is 0 Å². The number of halogens is 4. The van der Waals surface area contributed by atoms with Gasteiger partial charge in [-0.25, -0.2) is 4.39 Å². The molecule has 4 N–H and O–H groups in total. The summed E-state index contributed by atoms with van der Waals surface area (Å²) in [5, 5.41) is 16.6. The van der Waals surface area contributed by atoms with Gasteiger partial charge in [0, 0.05) is 29.8 Å². The molecule has 1 aliphatic rings. The molecular weight excluding hydrogens is 470 g/mol. The van der Waals surface area contributed by atoms with Crippen LogP contribution >= 0.6 is 0 Å². The number of aldehydes is 1. The number of nitrogens with zero attached hydrogens (tertiary/aromatic N) is 1. The monoisotopic (exact) mass is 495 g/mol. The van der Waals surface area contributed by atoms with Gasteiger partial charge < -0.3 is 21.0 Å². The van der Waals surface area contributed by atoms with E-state index in [0.717, 1.165) is 12.1 Å². The molecular formula is C24H25F4N3O4. The molecule has 0 bridgehead atoms. The maximum absolute atomic E-state index is 14.1. The SMILES string of the molecule is CC1=NOC(C=O)c2ccc(NC(=O)C(O)(CC(C)(C)c3cc(F)ccc3CN)C(F)(F)F)cc21. The van der Waals surface area contributed by atoms with Crippen LogP contribution in [0, 0.1) is 5.82 Å². The molecule has 0 aliphatic carbocycles. The smallest absolute Gasteiger partial charge is 0.380 e. The topological polar surface area (TPSA) is 114 Å². The maximum Gasteiger partial charge on any atom is 0.426 e. The van der Waals surface area contributed by atoms with Gasteiger partial charge >= 0.3 is 6.18 Å². The van der Waals surface area contributed by atoms with Gasteiger partial charge in [-0.3, -0.25) is 9.59 Å². The van der Waals surface area contributed by atoms with Gasteiger partial charge in [0.25, 0.3) is 5.91 Å². The molecule has 2 aromatic carbocycles. The number of oxime groups is 1. The van der Waals surface area contributed by atoms with Gasteiger partial charge in [-0.2, -0.15) is 13.2 Å². The van der Waals surface area contributed by atoms with Gasteiger partial charge in [0.05, 0.1) is 5.71 Å². The third kappa shape index (κ3) is 5.06. The molecule has 1 amide bonds. The average molecular weight is 495 g/mol. The lowest BCUT2D eigenvalue weighted by Crippen LogP contribution is -2.57. The molecule has 3 rings (SSSR count). The summed E-state index contributed by atoms with van der Waals surface area (Å²) in [7, 11) is 0. The molecule has 35 heavy (non-hydrogen) atoms. The van der Waals surface area contributed by atoms with Crippen molar-refractivity contribution >= 4 is 23.6 Å². The van der Waals surface area contributed by atoms with Crippen molar-refractivity contribution in [1.82, 2.24) is 0 Å². The Labute approximate surface area is 198 Å². The Kier molecular flexibility index (Phi) is 7.05. The molecule has 0 saturated heterocycles. The Bertz CT molecular complexity index is 1180. The lowest BCUT2D eigenvalue weighted by Gasteiger charge is -2.37. The first-order chi connectivity index (χ1) is 16.2. The fraction of sp³-hybridized carbons (Fsp3) is 0.375. The van der Waals surface area contributed by atoms with Crippen molar-refractivity contribution in [3.8, 4) is 0 Å². The minimum atomic E-state index is -5.35. The molecule has 2 atom stereocenters. The van der Waals surface area contributed by atoms with Gasteiger partial charge in [-0.05, 0) is 47.7 Å². The zero-order valence-corrected chi connectivity index (χ0v) is 19.2. The van der Waals surface area contributed by atoms with Crippen LogP contribution in [0.2, 0.25) is 0 Å². The van der Waals surface area contributed by atoms with Gasteiger partial charge in [-0.15, -0.1) is 0 Å².